The van der Waals surface area contributed by atoms with Crippen LogP contribution in [0.1, 0.15) is 17.7 Å². The van der Waals surface area contributed by atoms with Gasteiger partial charge in [0.25, 0.3) is 10.0 Å². The van der Waals surface area contributed by atoms with Crippen molar-refractivity contribution in [1.82, 2.24) is 9.29 Å². The number of sulfonamides is 1. The maximum absolute atomic E-state index is 13.1. The number of halogens is 1. The summed E-state index contributed by atoms with van der Waals surface area (Å²) in [5.41, 5.74) is 1.48. The smallest absolute Gasteiger partial charge is 0.252 e. The van der Waals surface area contributed by atoms with Gasteiger partial charge < -0.3 is 5.32 Å². The van der Waals surface area contributed by atoms with Gasteiger partial charge in [0.15, 0.2) is 5.13 Å². The Kier molecular flexibility index (Phi) is 6.78. The van der Waals surface area contributed by atoms with E-state index >= 15 is 0 Å². The van der Waals surface area contributed by atoms with Crippen molar-refractivity contribution in [2.45, 2.75) is 24.0 Å². The van der Waals surface area contributed by atoms with Crippen molar-refractivity contribution in [3.63, 3.8) is 0 Å². The molecule has 0 aliphatic carbocycles. The second kappa shape index (κ2) is 9.12. The summed E-state index contributed by atoms with van der Waals surface area (Å²) in [4.78, 5) is 17.5. The molecule has 0 aliphatic heterocycles. The SMILES string of the molecule is Cc1sc(NC(=O)CCCN(C)S(=O)(=O)c2cccs2)nc1-c1ccc(F)cc1. The highest BCUT2D eigenvalue weighted by molar-refractivity contribution is 7.91. The molecule has 0 bridgehead atoms. The molecule has 3 rings (SSSR count). The number of thiazole rings is 1. The lowest BCUT2D eigenvalue weighted by molar-refractivity contribution is -0.116. The summed E-state index contributed by atoms with van der Waals surface area (Å²) in [6, 6.07) is 9.28. The van der Waals surface area contributed by atoms with E-state index in [4.69, 9.17) is 0 Å². The van der Waals surface area contributed by atoms with Crippen LogP contribution in [0, 0.1) is 12.7 Å². The number of anilines is 1. The molecule has 1 aromatic carbocycles. The number of amides is 1. The molecule has 0 radical (unpaired) electrons. The highest BCUT2D eigenvalue weighted by Gasteiger charge is 2.21. The van der Waals surface area contributed by atoms with Gasteiger partial charge in [-0.2, -0.15) is 0 Å². The number of thiophene rings is 1. The van der Waals surface area contributed by atoms with E-state index in [2.05, 4.69) is 10.3 Å². The van der Waals surface area contributed by atoms with Crippen LogP contribution in [0.4, 0.5) is 9.52 Å². The first-order valence-corrected chi connectivity index (χ1v) is 11.9. The van der Waals surface area contributed by atoms with Crippen molar-refractivity contribution in [1.29, 1.82) is 0 Å². The van der Waals surface area contributed by atoms with Crippen LogP contribution >= 0.6 is 22.7 Å². The fraction of sp³-hybridized carbons (Fsp3) is 0.263. The van der Waals surface area contributed by atoms with Gasteiger partial charge in [-0.1, -0.05) is 6.07 Å². The average Bonchev–Trinajstić information content (AvgIpc) is 3.33. The number of aryl methyl sites for hydroxylation is 1. The Bertz CT molecular complexity index is 1080. The molecule has 3 aromatic rings. The maximum Gasteiger partial charge on any atom is 0.252 e. The molecule has 6 nitrogen and oxygen atoms in total. The van der Waals surface area contributed by atoms with E-state index in [0.29, 0.717) is 17.2 Å². The Hall–Kier alpha value is -2.14. The van der Waals surface area contributed by atoms with E-state index in [1.54, 1.807) is 29.6 Å². The van der Waals surface area contributed by atoms with E-state index < -0.39 is 10.0 Å². The summed E-state index contributed by atoms with van der Waals surface area (Å²) in [6.45, 7) is 2.13. The minimum Gasteiger partial charge on any atom is -0.302 e. The molecular formula is C19H20FN3O3S3. The van der Waals surface area contributed by atoms with Gasteiger partial charge in [0.05, 0.1) is 5.69 Å². The van der Waals surface area contributed by atoms with Gasteiger partial charge in [0.2, 0.25) is 5.91 Å². The van der Waals surface area contributed by atoms with Crippen LogP contribution in [0.15, 0.2) is 46.0 Å². The minimum absolute atomic E-state index is 0.175. The Morgan fingerprint density at radius 3 is 2.62 bits per heavy atom. The third-order valence-corrected chi connectivity index (χ3v) is 8.31. The van der Waals surface area contributed by atoms with E-state index in [9.17, 15) is 17.6 Å². The normalized spacial score (nSPS) is 11.7. The first kappa shape index (κ1) is 21.6. The van der Waals surface area contributed by atoms with E-state index in [-0.39, 0.29) is 28.9 Å². The summed E-state index contributed by atoms with van der Waals surface area (Å²) >= 11 is 2.51. The Balaban J connectivity index is 1.54. The number of hydrogen-bond donors (Lipinski definition) is 1. The molecule has 10 heteroatoms. The molecule has 2 aromatic heterocycles. The van der Waals surface area contributed by atoms with E-state index in [0.717, 1.165) is 10.4 Å². The number of nitrogens with zero attached hydrogens (tertiary/aromatic N) is 2. The van der Waals surface area contributed by atoms with Gasteiger partial charge in [-0.15, -0.1) is 22.7 Å². The van der Waals surface area contributed by atoms with Crippen molar-refractivity contribution >= 4 is 43.7 Å². The zero-order valence-corrected chi connectivity index (χ0v) is 18.3. The quantitative estimate of drug-likeness (QED) is 0.550. The molecule has 1 N–H and O–H groups in total. The van der Waals surface area contributed by atoms with Crippen molar-refractivity contribution in [2.75, 3.05) is 18.9 Å². The summed E-state index contributed by atoms with van der Waals surface area (Å²) in [5.74, 6) is -0.549. The van der Waals surface area contributed by atoms with Crippen molar-refractivity contribution in [2.24, 2.45) is 0 Å². The maximum atomic E-state index is 13.1. The summed E-state index contributed by atoms with van der Waals surface area (Å²) in [6.07, 6.45) is 0.566. The summed E-state index contributed by atoms with van der Waals surface area (Å²) in [5, 5.41) is 4.93. The molecular weight excluding hydrogens is 433 g/mol. The van der Waals surface area contributed by atoms with Crippen molar-refractivity contribution in [3.05, 3.63) is 52.5 Å². The second-order valence-electron chi connectivity index (χ2n) is 6.34. The number of nitrogens with one attached hydrogen (secondary N) is 1. The monoisotopic (exact) mass is 453 g/mol. The Morgan fingerprint density at radius 2 is 1.97 bits per heavy atom. The number of hydrogen-bond acceptors (Lipinski definition) is 6. The molecule has 1 amide bonds. The third-order valence-electron chi connectivity index (χ3n) is 4.20. The van der Waals surface area contributed by atoms with Crippen LogP contribution in [0.3, 0.4) is 0 Å². The lowest BCUT2D eigenvalue weighted by atomic mass is 10.1. The van der Waals surface area contributed by atoms with E-state index in [1.807, 2.05) is 6.92 Å². The van der Waals surface area contributed by atoms with Gasteiger partial charge in [0.1, 0.15) is 10.0 Å². The van der Waals surface area contributed by atoms with Gasteiger partial charge in [-0.25, -0.2) is 22.1 Å². The molecule has 0 aliphatic rings. The molecule has 0 spiro atoms. The molecule has 0 atom stereocenters. The fourth-order valence-electron chi connectivity index (χ4n) is 2.65. The predicted octanol–water partition coefficient (Wildman–Crippen LogP) is 4.36. The fourth-order valence-corrected chi connectivity index (χ4v) is 5.92. The van der Waals surface area contributed by atoms with Crippen molar-refractivity contribution in [3.8, 4) is 11.3 Å². The molecule has 2 heterocycles. The zero-order chi connectivity index (χ0) is 21.0. The Labute approximate surface area is 177 Å². The van der Waals surface area contributed by atoms with Crippen LogP contribution < -0.4 is 5.32 Å². The molecule has 0 saturated heterocycles. The highest BCUT2D eigenvalue weighted by Crippen LogP contribution is 2.30. The van der Waals surface area contributed by atoms with Crippen LogP contribution in [0.2, 0.25) is 0 Å². The van der Waals surface area contributed by atoms with Gasteiger partial charge in [0, 0.05) is 30.5 Å². The summed E-state index contributed by atoms with van der Waals surface area (Å²) in [7, 11) is -2.00. The van der Waals surface area contributed by atoms with Gasteiger partial charge >= 0.3 is 0 Å². The third kappa shape index (κ3) is 5.27. The first-order chi connectivity index (χ1) is 13.8. The van der Waals surface area contributed by atoms with E-state index in [1.165, 1.54) is 46.2 Å². The number of carbonyl (C=O) groups excluding carboxylic acids is 1. The minimum atomic E-state index is -3.51. The van der Waals surface area contributed by atoms with Gasteiger partial charge in [-0.3, -0.25) is 4.79 Å². The zero-order valence-electron chi connectivity index (χ0n) is 15.9. The second-order valence-corrected chi connectivity index (χ2v) is 10.8. The average molecular weight is 454 g/mol. The number of aromatic nitrogens is 1. The van der Waals surface area contributed by atoms with Crippen LogP contribution in [-0.4, -0.2) is 37.2 Å². The molecule has 154 valence electrons. The van der Waals surface area contributed by atoms with Crippen LogP contribution in [0.25, 0.3) is 11.3 Å². The standard InChI is InChI=1S/C19H20FN3O3S3/c1-13-18(14-7-9-15(20)10-8-14)22-19(28-13)21-16(24)5-3-11-23(2)29(25,26)17-6-4-12-27-17/h4,6-10,12H,3,5,11H2,1-2H3,(H,21,22,24). The first-order valence-electron chi connectivity index (χ1n) is 8.80. The molecule has 29 heavy (non-hydrogen) atoms. The summed E-state index contributed by atoms with van der Waals surface area (Å²) < 4.78 is 39.4. The lowest BCUT2D eigenvalue weighted by Crippen LogP contribution is -2.28. The number of rotatable bonds is 8. The van der Waals surface area contributed by atoms with Gasteiger partial charge in [-0.05, 0) is 49.1 Å². The van der Waals surface area contributed by atoms with Crippen LogP contribution in [0.5, 0.6) is 0 Å². The number of benzene rings is 1. The predicted molar refractivity (Wildman–Crippen MR) is 114 cm³/mol. The number of carbonyl (C=O) groups is 1. The topological polar surface area (TPSA) is 79.4 Å². The lowest BCUT2D eigenvalue weighted by Gasteiger charge is -2.15. The largest absolute Gasteiger partial charge is 0.302 e. The molecule has 0 unspecified atom stereocenters. The van der Waals surface area contributed by atoms with Crippen LogP contribution in [-0.2, 0) is 14.8 Å². The molecule has 0 saturated carbocycles. The Morgan fingerprint density at radius 1 is 1.24 bits per heavy atom. The highest BCUT2D eigenvalue weighted by atomic mass is 32.2. The molecule has 0 fully saturated rings. The van der Waals surface area contributed by atoms with Crippen molar-refractivity contribution < 1.29 is 17.6 Å².